The van der Waals surface area contributed by atoms with Crippen LogP contribution in [0.2, 0.25) is 0 Å². The van der Waals surface area contributed by atoms with Crippen molar-refractivity contribution in [3.63, 3.8) is 0 Å². The van der Waals surface area contributed by atoms with Gasteiger partial charge >= 0.3 is 0 Å². The number of thioether (sulfide) groups is 1. The number of nitrogens with one attached hydrogen (secondary N) is 2. The predicted molar refractivity (Wildman–Crippen MR) is 88.1 cm³/mol. The fourth-order valence-corrected chi connectivity index (χ4v) is 2.62. The highest BCUT2D eigenvalue weighted by atomic mass is 35.5. The van der Waals surface area contributed by atoms with Crippen molar-refractivity contribution in [2.24, 2.45) is 0 Å². The van der Waals surface area contributed by atoms with Gasteiger partial charge in [-0.05, 0) is 13.5 Å². The molecule has 1 saturated heterocycles. The molecule has 2 amide bonds. The zero-order valence-electron chi connectivity index (χ0n) is 12.7. The molecule has 0 aliphatic carbocycles. The van der Waals surface area contributed by atoms with E-state index in [1.54, 1.807) is 4.90 Å². The molecule has 1 fully saturated rings. The molecule has 124 valence electrons. The zero-order valence-corrected chi connectivity index (χ0v) is 14.4. The van der Waals surface area contributed by atoms with Crippen molar-refractivity contribution in [3.8, 4) is 0 Å². The van der Waals surface area contributed by atoms with Crippen molar-refractivity contribution in [2.45, 2.75) is 19.9 Å². The average molecular weight is 340 g/mol. The topological polar surface area (TPSA) is 70.7 Å². The summed E-state index contributed by atoms with van der Waals surface area (Å²) in [4.78, 5) is 25.2. The van der Waals surface area contributed by atoms with Gasteiger partial charge in [0.25, 0.3) is 0 Å². The Hall–Kier alpha value is -0.500. The van der Waals surface area contributed by atoms with Crippen LogP contribution < -0.4 is 10.6 Å². The highest BCUT2D eigenvalue weighted by Crippen LogP contribution is 2.04. The van der Waals surface area contributed by atoms with E-state index < -0.39 is 0 Å². The number of carbonyl (C=O) groups excluding carboxylic acids is 2. The molecule has 1 rings (SSSR count). The van der Waals surface area contributed by atoms with Crippen LogP contribution in [-0.2, 0) is 14.3 Å². The molecule has 6 nitrogen and oxygen atoms in total. The number of morpholine rings is 1. The summed E-state index contributed by atoms with van der Waals surface area (Å²) >= 11 is 1.36. The molecule has 0 aromatic carbocycles. The number of amides is 2. The van der Waals surface area contributed by atoms with Gasteiger partial charge in [-0.15, -0.1) is 24.2 Å². The van der Waals surface area contributed by atoms with Crippen molar-refractivity contribution in [3.05, 3.63) is 0 Å². The summed E-state index contributed by atoms with van der Waals surface area (Å²) < 4.78 is 5.20. The number of hydrogen-bond acceptors (Lipinski definition) is 5. The Kier molecular flexibility index (Phi) is 11.8. The van der Waals surface area contributed by atoms with Crippen LogP contribution >= 0.6 is 24.2 Å². The molecule has 1 aliphatic rings. The highest BCUT2D eigenvalue weighted by molar-refractivity contribution is 8.00. The van der Waals surface area contributed by atoms with Gasteiger partial charge in [-0.3, -0.25) is 9.59 Å². The summed E-state index contributed by atoms with van der Waals surface area (Å²) in [6, 6.07) is 0.268. The van der Waals surface area contributed by atoms with Crippen LogP contribution in [-0.4, -0.2) is 73.7 Å². The third kappa shape index (κ3) is 9.18. The van der Waals surface area contributed by atoms with Gasteiger partial charge in [0, 0.05) is 25.7 Å². The van der Waals surface area contributed by atoms with Gasteiger partial charge in [-0.2, -0.15) is 0 Å². The molecule has 0 spiro atoms. The van der Waals surface area contributed by atoms with E-state index in [0.29, 0.717) is 44.4 Å². The first kappa shape index (κ1) is 20.5. The number of rotatable bonds is 8. The predicted octanol–water partition coefficient (Wildman–Crippen LogP) is 0.114. The Balaban J connectivity index is 0.00000400. The van der Waals surface area contributed by atoms with E-state index in [9.17, 15) is 9.59 Å². The fourth-order valence-electron chi connectivity index (χ4n) is 1.87. The molecule has 0 unspecified atom stereocenters. The van der Waals surface area contributed by atoms with Gasteiger partial charge in [-0.25, -0.2) is 0 Å². The summed E-state index contributed by atoms with van der Waals surface area (Å²) in [6.07, 6.45) is 0. The van der Waals surface area contributed by atoms with E-state index in [0.717, 1.165) is 6.54 Å². The minimum absolute atomic E-state index is 0. The molecule has 0 aromatic rings. The van der Waals surface area contributed by atoms with Gasteiger partial charge in [0.15, 0.2) is 0 Å². The van der Waals surface area contributed by atoms with Crippen LogP contribution in [0.1, 0.15) is 13.8 Å². The number of ether oxygens (including phenoxy) is 1. The largest absolute Gasteiger partial charge is 0.378 e. The lowest BCUT2D eigenvalue weighted by atomic mass is 10.3. The Labute approximate surface area is 137 Å². The normalized spacial score (nSPS) is 16.0. The van der Waals surface area contributed by atoms with E-state index in [1.807, 2.05) is 13.8 Å². The summed E-state index contributed by atoms with van der Waals surface area (Å²) in [5.41, 5.74) is 0. The van der Waals surface area contributed by atoms with Crippen LogP contribution in [0.4, 0.5) is 0 Å². The van der Waals surface area contributed by atoms with Gasteiger partial charge < -0.3 is 20.3 Å². The second kappa shape index (κ2) is 12.1. The number of halogens is 1. The van der Waals surface area contributed by atoms with Crippen LogP contribution in [0.5, 0.6) is 0 Å². The van der Waals surface area contributed by atoms with Crippen LogP contribution in [0.3, 0.4) is 0 Å². The van der Waals surface area contributed by atoms with E-state index in [2.05, 4.69) is 10.6 Å². The number of nitrogens with zero attached hydrogens (tertiary/aromatic N) is 1. The van der Waals surface area contributed by atoms with E-state index >= 15 is 0 Å². The first-order valence-electron chi connectivity index (χ1n) is 7.06. The van der Waals surface area contributed by atoms with Crippen molar-refractivity contribution in [1.82, 2.24) is 15.5 Å². The summed E-state index contributed by atoms with van der Waals surface area (Å²) in [7, 11) is 0. The molecule has 0 aromatic heterocycles. The molecule has 0 bridgehead atoms. The molecule has 0 saturated carbocycles. The van der Waals surface area contributed by atoms with Crippen molar-refractivity contribution < 1.29 is 14.3 Å². The molecular formula is C13H26ClN3O3S. The van der Waals surface area contributed by atoms with Crippen LogP contribution in [0.25, 0.3) is 0 Å². The molecule has 1 atom stereocenters. The maximum atomic E-state index is 11.8. The van der Waals surface area contributed by atoms with Gasteiger partial charge in [0.1, 0.15) is 0 Å². The minimum Gasteiger partial charge on any atom is -0.378 e. The fraction of sp³-hybridized carbons (Fsp3) is 0.846. The SMILES string of the molecule is CCN[C@H](C)CNC(=O)CSCC(=O)N1CCOCC1.Cl. The van der Waals surface area contributed by atoms with Gasteiger partial charge in [0.2, 0.25) is 11.8 Å². The minimum atomic E-state index is -0.0190. The van der Waals surface area contributed by atoms with E-state index in [-0.39, 0.29) is 30.3 Å². The van der Waals surface area contributed by atoms with Crippen LogP contribution in [0.15, 0.2) is 0 Å². The maximum Gasteiger partial charge on any atom is 0.232 e. The van der Waals surface area contributed by atoms with E-state index in [1.165, 1.54) is 11.8 Å². The van der Waals surface area contributed by atoms with Crippen molar-refractivity contribution in [1.29, 1.82) is 0 Å². The zero-order chi connectivity index (χ0) is 14.8. The molecule has 1 heterocycles. The lowest BCUT2D eigenvalue weighted by Gasteiger charge is -2.26. The number of hydrogen-bond donors (Lipinski definition) is 2. The van der Waals surface area contributed by atoms with Gasteiger partial charge in [0.05, 0.1) is 24.7 Å². The van der Waals surface area contributed by atoms with E-state index in [4.69, 9.17) is 4.74 Å². The summed E-state index contributed by atoms with van der Waals surface area (Å²) in [5, 5.41) is 6.08. The van der Waals surface area contributed by atoms with Crippen LogP contribution in [0, 0.1) is 0 Å². The first-order chi connectivity index (χ1) is 9.63. The molecule has 21 heavy (non-hydrogen) atoms. The summed E-state index contributed by atoms with van der Waals surface area (Å²) in [6.45, 7) is 8.10. The number of likely N-dealkylation sites (N-methyl/N-ethyl adjacent to an activating group) is 1. The lowest BCUT2D eigenvalue weighted by molar-refractivity contribution is -0.132. The van der Waals surface area contributed by atoms with Crippen molar-refractivity contribution in [2.75, 3.05) is 50.9 Å². The quantitative estimate of drug-likeness (QED) is 0.657. The third-order valence-corrected chi connectivity index (χ3v) is 3.90. The standard InChI is InChI=1S/C13H25N3O3S.ClH/c1-3-14-11(2)8-15-12(17)9-20-10-13(18)16-4-6-19-7-5-16;/h11,14H,3-10H2,1-2H3,(H,15,17);1H/t11-;/m1./s1. The highest BCUT2D eigenvalue weighted by Gasteiger charge is 2.16. The monoisotopic (exact) mass is 339 g/mol. The Morgan fingerprint density at radius 3 is 2.57 bits per heavy atom. The molecule has 2 N–H and O–H groups in total. The van der Waals surface area contributed by atoms with Crippen molar-refractivity contribution >= 4 is 36.0 Å². The number of carbonyl (C=O) groups is 2. The second-order valence-electron chi connectivity index (χ2n) is 4.75. The Morgan fingerprint density at radius 1 is 1.29 bits per heavy atom. The Bertz CT molecular complexity index is 315. The Morgan fingerprint density at radius 2 is 1.95 bits per heavy atom. The average Bonchev–Trinajstić information content (AvgIpc) is 2.46. The smallest absolute Gasteiger partial charge is 0.232 e. The molecule has 1 aliphatic heterocycles. The maximum absolute atomic E-state index is 11.8. The summed E-state index contributed by atoms with van der Waals surface area (Å²) in [5.74, 6) is 0.757. The first-order valence-corrected chi connectivity index (χ1v) is 8.22. The van der Waals surface area contributed by atoms with Gasteiger partial charge in [-0.1, -0.05) is 6.92 Å². The molecule has 8 heteroatoms. The molecular weight excluding hydrogens is 314 g/mol. The lowest BCUT2D eigenvalue weighted by Crippen LogP contribution is -2.42. The third-order valence-electron chi connectivity index (χ3n) is 2.98. The molecule has 0 radical (unpaired) electrons. The second-order valence-corrected chi connectivity index (χ2v) is 5.73.